The molecule has 1 saturated heterocycles. The molecule has 1 atom stereocenters. The number of hydrogen-bond acceptors (Lipinski definition) is 5. The summed E-state index contributed by atoms with van der Waals surface area (Å²) in [6.45, 7) is 2.10. The van der Waals surface area contributed by atoms with Crippen LogP contribution in [-0.4, -0.2) is 43.9 Å². The molecular formula is C16H18N2O3. The van der Waals surface area contributed by atoms with Gasteiger partial charge in [-0.1, -0.05) is 18.2 Å². The minimum atomic E-state index is -0.235. The van der Waals surface area contributed by atoms with Gasteiger partial charge in [0, 0.05) is 30.4 Å². The molecule has 1 aliphatic heterocycles. The fourth-order valence-electron chi connectivity index (χ4n) is 2.69. The number of carbonyl (C=O) groups is 1. The maximum absolute atomic E-state index is 11.4. The summed E-state index contributed by atoms with van der Waals surface area (Å²) in [5, 5.41) is 1.12. The van der Waals surface area contributed by atoms with Crippen LogP contribution in [0, 0.1) is 0 Å². The quantitative estimate of drug-likeness (QED) is 0.808. The summed E-state index contributed by atoms with van der Waals surface area (Å²) in [7, 11) is 1.40. The molecule has 5 nitrogen and oxygen atoms in total. The molecule has 1 aromatic heterocycles. The van der Waals surface area contributed by atoms with Gasteiger partial charge < -0.3 is 14.4 Å². The Morgan fingerprint density at radius 1 is 1.43 bits per heavy atom. The van der Waals surface area contributed by atoms with Crippen LogP contribution < -0.4 is 4.90 Å². The highest BCUT2D eigenvalue weighted by molar-refractivity contribution is 5.91. The first kappa shape index (κ1) is 13.8. The number of benzene rings is 1. The standard InChI is InChI=1S/C16H18N2O3/c1-20-16(19)10-12-11-18(8-9-21-12)15-6-7-17-14-5-3-2-4-13(14)15/h2-7,12H,8-11H2,1H3. The van der Waals surface area contributed by atoms with E-state index in [9.17, 15) is 4.79 Å². The van der Waals surface area contributed by atoms with Gasteiger partial charge in [-0.25, -0.2) is 0 Å². The molecule has 2 heterocycles. The summed E-state index contributed by atoms with van der Waals surface area (Å²) in [4.78, 5) is 18.0. The topological polar surface area (TPSA) is 51.7 Å². The van der Waals surface area contributed by atoms with Crippen LogP contribution in [0.2, 0.25) is 0 Å². The molecule has 3 rings (SSSR count). The van der Waals surface area contributed by atoms with Crippen molar-refractivity contribution in [3.63, 3.8) is 0 Å². The summed E-state index contributed by atoms with van der Waals surface area (Å²) >= 11 is 0. The van der Waals surface area contributed by atoms with Crippen LogP contribution in [0.1, 0.15) is 6.42 Å². The summed E-state index contributed by atoms with van der Waals surface area (Å²) in [6, 6.07) is 10.1. The number of pyridine rings is 1. The van der Waals surface area contributed by atoms with Crippen molar-refractivity contribution in [3.8, 4) is 0 Å². The summed E-state index contributed by atoms with van der Waals surface area (Å²) in [6.07, 6.45) is 1.98. The van der Waals surface area contributed by atoms with Crippen molar-refractivity contribution in [1.29, 1.82) is 0 Å². The molecule has 2 aromatic rings. The number of rotatable bonds is 3. The number of nitrogens with zero attached hydrogens (tertiary/aromatic N) is 2. The molecule has 1 aromatic carbocycles. The lowest BCUT2D eigenvalue weighted by atomic mass is 10.1. The van der Waals surface area contributed by atoms with E-state index in [4.69, 9.17) is 9.47 Å². The zero-order valence-corrected chi connectivity index (χ0v) is 12.0. The van der Waals surface area contributed by atoms with E-state index < -0.39 is 0 Å². The Bertz CT molecular complexity index is 639. The van der Waals surface area contributed by atoms with E-state index in [-0.39, 0.29) is 18.5 Å². The normalized spacial score (nSPS) is 18.7. The number of aromatic nitrogens is 1. The van der Waals surface area contributed by atoms with Gasteiger partial charge in [0.05, 0.1) is 31.8 Å². The van der Waals surface area contributed by atoms with E-state index in [1.165, 1.54) is 7.11 Å². The van der Waals surface area contributed by atoms with Crippen molar-refractivity contribution in [3.05, 3.63) is 36.5 Å². The van der Waals surface area contributed by atoms with Crippen molar-refractivity contribution in [2.75, 3.05) is 31.7 Å². The maximum atomic E-state index is 11.4. The third-order valence-electron chi connectivity index (χ3n) is 3.73. The van der Waals surface area contributed by atoms with Gasteiger partial charge in [-0.05, 0) is 12.1 Å². The molecule has 1 unspecified atom stereocenters. The van der Waals surface area contributed by atoms with Gasteiger partial charge in [-0.2, -0.15) is 0 Å². The van der Waals surface area contributed by atoms with Gasteiger partial charge in [-0.3, -0.25) is 9.78 Å². The Kier molecular flexibility index (Phi) is 4.01. The number of esters is 1. The number of para-hydroxylation sites is 1. The van der Waals surface area contributed by atoms with Crippen LogP contribution in [0.5, 0.6) is 0 Å². The summed E-state index contributed by atoms with van der Waals surface area (Å²) in [5.41, 5.74) is 2.12. The number of fused-ring (bicyclic) bond motifs is 1. The number of ether oxygens (including phenoxy) is 2. The Hall–Kier alpha value is -2.14. The molecular weight excluding hydrogens is 268 g/mol. The monoisotopic (exact) mass is 286 g/mol. The smallest absolute Gasteiger partial charge is 0.308 e. The second kappa shape index (κ2) is 6.10. The predicted octanol–water partition coefficient (Wildman–Crippen LogP) is 2.00. The number of hydrogen-bond donors (Lipinski definition) is 0. The first-order valence-electron chi connectivity index (χ1n) is 7.05. The average molecular weight is 286 g/mol. The summed E-state index contributed by atoms with van der Waals surface area (Å²) < 4.78 is 10.4. The van der Waals surface area contributed by atoms with Gasteiger partial charge in [0.2, 0.25) is 0 Å². The van der Waals surface area contributed by atoms with E-state index in [0.717, 1.165) is 23.1 Å². The largest absolute Gasteiger partial charge is 0.469 e. The first-order valence-corrected chi connectivity index (χ1v) is 7.05. The molecule has 110 valence electrons. The molecule has 0 amide bonds. The highest BCUT2D eigenvalue weighted by atomic mass is 16.5. The molecule has 0 saturated carbocycles. The molecule has 0 aliphatic carbocycles. The molecule has 1 fully saturated rings. The van der Waals surface area contributed by atoms with Crippen molar-refractivity contribution in [2.45, 2.75) is 12.5 Å². The molecule has 0 N–H and O–H groups in total. The Labute approximate surface area is 123 Å². The van der Waals surface area contributed by atoms with Gasteiger partial charge in [0.25, 0.3) is 0 Å². The van der Waals surface area contributed by atoms with Gasteiger partial charge in [-0.15, -0.1) is 0 Å². The SMILES string of the molecule is COC(=O)CC1CN(c2ccnc3ccccc23)CCO1. The number of anilines is 1. The van der Waals surface area contributed by atoms with E-state index in [0.29, 0.717) is 13.2 Å². The van der Waals surface area contributed by atoms with E-state index in [1.807, 2.05) is 30.5 Å². The van der Waals surface area contributed by atoms with Gasteiger partial charge >= 0.3 is 5.97 Å². The molecule has 1 aliphatic rings. The van der Waals surface area contributed by atoms with Gasteiger partial charge in [0.15, 0.2) is 0 Å². The van der Waals surface area contributed by atoms with Crippen molar-refractivity contribution >= 4 is 22.6 Å². The van der Waals surface area contributed by atoms with Crippen LogP contribution >= 0.6 is 0 Å². The van der Waals surface area contributed by atoms with Crippen LogP contribution in [0.25, 0.3) is 10.9 Å². The number of morpholine rings is 1. The molecule has 0 radical (unpaired) electrons. The highest BCUT2D eigenvalue weighted by Crippen LogP contribution is 2.27. The van der Waals surface area contributed by atoms with Gasteiger partial charge in [0.1, 0.15) is 0 Å². The lowest BCUT2D eigenvalue weighted by molar-refractivity contribution is -0.144. The number of methoxy groups -OCH3 is 1. The maximum Gasteiger partial charge on any atom is 0.308 e. The van der Waals surface area contributed by atoms with Crippen molar-refractivity contribution < 1.29 is 14.3 Å². The second-order valence-corrected chi connectivity index (χ2v) is 5.07. The molecule has 5 heteroatoms. The molecule has 21 heavy (non-hydrogen) atoms. The third kappa shape index (κ3) is 2.97. The minimum Gasteiger partial charge on any atom is -0.469 e. The Morgan fingerprint density at radius 3 is 3.14 bits per heavy atom. The zero-order chi connectivity index (χ0) is 14.7. The molecule has 0 spiro atoms. The summed E-state index contributed by atoms with van der Waals surface area (Å²) in [5.74, 6) is -0.235. The van der Waals surface area contributed by atoms with Crippen molar-refractivity contribution in [2.24, 2.45) is 0 Å². The average Bonchev–Trinajstić information content (AvgIpc) is 2.54. The van der Waals surface area contributed by atoms with Crippen LogP contribution in [0.4, 0.5) is 5.69 Å². The second-order valence-electron chi connectivity index (χ2n) is 5.07. The lowest BCUT2D eigenvalue weighted by Gasteiger charge is -2.34. The van der Waals surface area contributed by atoms with Crippen molar-refractivity contribution in [1.82, 2.24) is 4.98 Å². The first-order chi connectivity index (χ1) is 10.3. The fraction of sp³-hybridized carbons (Fsp3) is 0.375. The van der Waals surface area contributed by atoms with E-state index >= 15 is 0 Å². The van der Waals surface area contributed by atoms with E-state index in [2.05, 4.69) is 16.0 Å². The third-order valence-corrected chi connectivity index (χ3v) is 3.73. The zero-order valence-electron chi connectivity index (χ0n) is 12.0. The predicted molar refractivity (Wildman–Crippen MR) is 80.3 cm³/mol. The lowest BCUT2D eigenvalue weighted by Crippen LogP contribution is -2.43. The fourth-order valence-corrected chi connectivity index (χ4v) is 2.69. The Morgan fingerprint density at radius 2 is 2.29 bits per heavy atom. The molecule has 0 bridgehead atoms. The Balaban J connectivity index is 1.83. The van der Waals surface area contributed by atoms with Crippen LogP contribution in [0.3, 0.4) is 0 Å². The van der Waals surface area contributed by atoms with E-state index in [1.54, 1.807) is 0 Å². The number of carbonyl (C=O) groups excluding carboxylic acids is 1. The highest BCUT2D eigenvalue weighted by Gasteiger charge is 2.24. The van der Waals surface area contributed by atoms with Crippen LogP contribution in [0.15, 0.2) is 36.5 Å². The van der Waals surface area contributed by atoms with Crippen LogP contribution in [-0.2, 0) is 14.3 Å². The minimum absolute atomic E-state index is 0.127.